The summed E-state index contributed by atoms with van der Waals surface area (Å²) in [7, 11) is 0. The van der Waals surface area contributed by atoms with Crippen LogP contribution in [0.2, 0.25) is 0 Å². The molecule has 0 spiro atoms. The average Bonchev–Trinajstić information content (AvgIpc) is 3.41. The predicted octanol–water partition coefficient (Wildman–Crippen LogP) is 2.90. The van der Waals surface area contributed by atoms with Gasteiger partial charge in [-0.15, -0.1) is 0 Å². The maximum absolute atomic E-state index is 12.3. The number of benzene rings is 1. The van der Waals surface area contributed by atoms with Gasteiger partial charge in [-0.2, -0.15) is 16.4 Å². The number of nitrogens with zero attached hydrogens (tertiary/aromatic N) is 2. The van der Waals surface area contributed by atoms with Gasteiger partial charge in [-0.3, -0.25) is 19.1 Å². The standard InChI is InChI=1S/C20H21N5O3S/c1-14(25-10-3-8-22-25)19(27)24-17-5-2-4-16(12-17)23-18(26)6-9-21-20(28)15-7-11-29-13-15/h2-5,7-8,10-14H,6,9H2,1H3,(H,21,28)(H,23,26)(H,24,27). The Balaban J connectivity index is 1.48. The van der Waals surface area contributed by atoms with Crippen LogP contribution in [0.4, 0.5) is 11.4 Å². The highest BCUT2D eigenvalue weighted by Gasteiger charge is 2.15. The third kappa shape index (κ3) is 5.76. The van der Waals surface area contributed by atoms with Crippen molar-refractivity contribution in [2.24, 2.45) is 0 Å². The van der Waals surface area contributed by atoms with Crippen LogP contribution >= 0.6 is 11.3 Å². The van der Waals surface area contributed by atoms with Gasteiger partial charge in [-0.1, -0.05) is 6.07 Å². The molecule has 0 aliphatic heterocycles. The van der Waals surface area contributed by atoms with Crippen molar-refractivity contribution in [2.75, 3.05) is 17.2 Å². The molecule has 9 heteroatoms. The fourth-order valence-corrected chi connectivity index (χ4v) is 3.20. The minimum absolute atomic E-state index is 0.142. The maximum Gasteiger partial charge on any atom is 0.252 e. The van der Waals surface area contributed by atoms with E-state index in [-0.39, 0.29) is 30.7 Å². The van der Waals surface area contributed by atoms with E-state index >= 15 is 0 Å². The van der Waals surface area contributed by atoms with Gasteiger partial charge in [0, 0.05) is 47.7 Å². The number of amides is 3. The molecule has 1 atom stereocenters. The van der Waals surface area contributed by atoms with Gasteiger partial charge in [0.1, 0.15) is 6.04 Å². The summed E-state index contributed by atoms with van der Waals surface area (Å²) in [5.41, 5.74) is 1.71. The largest absolute Gasteiger partial charge is 0.351 e. The zero-order valence-electron chi connectivity index (χ0n) is 15.8. The second-order valence-corrected chi connectivity index (χ2v) is 7.08. The molecule has 3 rings (SSSR count). The lowest BCUT2D eigenvalue weighted by atomic mass is 10.2. The van der Waals surface area contributed by atoms with Crippen molar-refractivity contribution in [3.63, 3.8) is 0 Å². The fraction of sp³-hybridized carbons (Fsp3) is 0.200. The number of rotatable bonds is 8. The van der Waals surface area contributed by atoms with Gasteiger partial charge in [0.2, 0.25) is 11.8 Å². The van der Waals surface area contributed by atoms with Crippen molar-refractivity contribution in [2.45, 2.75) is 19.4 Å². The highest BCUT2D eigenvalue weighted by atomic mass is 32.1. The van der Waals surface area contributed by atoms with Crippen LogP contribution in [0.15, 0.2) is 59.6 Å². The number of hydrogen-bond donors (Lipinski definition) is 3. The van der Waals surface area contributed by atoms with Gasteiger partial charge < -0.3 is 16.0 Å². The molecular weight excluding hydrogens is 390 g/mol. The molecule has 0 bridgehead atoms. The molecule has 29 heavy (non-hydrogen) atoms. The molecule has 2 heterocycles. The molecule has 0 fully saturated rings. The first-order chi connectivity index (χ1) is 14.0. The molecule has 2 aromatic heterocycles. The van der Waals surface area contributed by atoms with Crippen molar-refractivity contribution in [3.8, 4) is 0 Å². The van der Waals surface area contributed by atoms with E-state index in [4.69, 9.17) is 0 Å². The van der Waals surface area contributed by atoms with Crippen molar-refractivity contribution >= 4 is 40.4 Å². The van der Waals surface area contributed by atoms with Gasteiger partial charge in [0.05, 0.1) is 0 Å². The Morgan fingerprint density at radius 2 is 1.93 bits per heavy atom. The number of thiophene rings is 1. The Hall–Kier alpha value is -3.46. The number of carbonyl (C=O) groups excluding carboxylic acids is 3. The van der Waals surface area contributed by atoms with E-state index in [2.05, 4.69) is 21.0 Å². The third-order valence-corrected chi connectivity index (χ3v) is 4.82. The first-order valence-corrected chi connectivity index (χ1v) is 9.97. The summed E-state index contributed by atoms with van der Waals surface area (Å²) in [4.78, 5) is 36.3. The molecule has 0 aliphatic carbocycles. The van der Waals surface area contributed by atoms with Crippen LogP contribution in [0.5, 0.6) is 0 Å². The molecule has 0 radical (unpaired) electrons. The summed E-state index contributed by atoms with van der Waals surface area (Å²) in [6.07, 6.45) is 3.48. The number of aromatic nitrogens is 2. The Morgan fingerprint density at radius 3 is 2.62 bits per heavy atom. The Morgan fingerprint density at radius 1 is 1.14 bits per heavy atom. The smallest absolute Gasteiger partial charge is 0.252 e. The second-order valence-electron chi connectivity index (χ2n) is 6.30. The number of anilines is 2. The molecule has 0 aliphatic rings. The van der Waals surface area contributed by atoms with Gasteiger partial charge >= 0.3 is 0 Å². The van der Waals surface area contributed by atoms with Crippen LogP contribution in [-0.4, -0.2) is 34.0 Å². The lowest BCUT2D eigenvalue weighted by Gasteiger charge is -2.13. The van der Waals surface area contributed by atoms with E-state index in [0.717, 1.165) is 0 Å². The Labute approximate surface area is 171 Å². The van der Waals surface area contributed by atoms with Crippen LogP contribution in [0.3, 0.4) is 0 Å². The normalized spacial score (nSPS) is 11.5. The first kappa shape index (κ1) is 20.3. The van der Waals surface area contributed by atoms with E-state index < -0.39 is 6.04 Å². The summed E-state index contributed by atoms with van der Waals surface area (Å²) >= 11 is 1.44. The monoisotopic (exact) mass is 411 g/mol. The van der Waals surface area contributed by atoms with Gasteiger partial charge in [0.15, 0.2) is 0 Å². The summed E-state index contributed by atoms with van der Waals surface area (Å²) < 4.78 is 1.56. The van der Waals surface area contributed by atoms with E-state index in [1.807, 2.05) is 5.38 Å². The molecule has 1 unspecified atom stereocenters. The first-order valence-electron chi connectivity index (χ1n) is 9.03. The molecule has 0 saturated heterocycles. The topological polar surface area (TPSA) is 105 Å². The van der Waals surface area contributed by atoms with Crippen LogP contribution in [-0.2, 0) is 9.59 Å². The van der Waals surface area contributed by atoms with E-state index in [1.165, 1.54) is 11.3 Å². The molecule has 3 amide bonds. The molecule has 8 nitrogen and oxygen atoms in total. The summed E-state index contributed by atoms with van der Waals surface area (Å²) in [5, 5.41) is 15.9. The lowest BCUT2D eigenvalue weighted by Crippen LogP contribution is -2.27. The highest BCUT2D eigenvalue weighted by Crippen LogP contribution is 2.17. The zero-order chi connectivity index (χ0) is 20.6. The Kier molecular flexibility index (Phi) is 6.75. The third-order valence-electron chi connectivity index (χ3n) is 4.14. The van der Waals surface area contributed by atoms with Gasteiger partial charge in [0.25, 0.3) is 5.91 Å². The number of carbonyl (C=O) groups is 3. The zero-order valence-corrected chi connectivity index (χ0v) is 16.6. The van der Waals surface area contributed by atoms with Crippen LogP contribution in [0, 0.1) is 0 Å². The van der Waals surface area contributed by atoms with Crippen LogP contribution in [0.1, 0.15) is 29.7 Å². The van der Waals surface area contributed by atoms with Crippen molar-refractivity contribution < 1.29 is 14.4 Å². The number of nitrogens with one attached hydrogen (secondary N) is 3. The van der Waals surface area contributed by atoms with Gasteiger partial charge in [-0.05, 0) is 42.6 Å². The molecule has 3 aromatic rings. The van der Waals surface area contributed by atoms with Gasteiger partial charge in [-0.25, -0.2) is 0 Å². The lowest BCUT2D eigenvalue weighted by molar-refractivity contribution is -0.119. The van der Waals surface area contributed by atoms with Crippen LogP contribution in [0.25, 0.3) is 0 Å². The fourth-order valence-electron chi connectivity index (χ4n) is 2.56. The summed E-state index contributed by atoms with van der Waals surface area (Å²) in [5.74, 6) is -0.646. The number of hydrogen-bond acceptors (Lipinski definition) is 5. The van der Waals surface area contributed by atoms with Crippen LogP contribution < -0.4 is 16.0 Å². The average molecular weight is 411 g/mol. The molecule has 3 N–H and O–H groups in total. The minimum atomic E-state index is -0.463. The van der Waals surface area contributed by atoms with E-state index in [9.17, 15) is 14.4 Å². The summed E-state index contributed by atoms with van der Waals surface area (Å²) in [6, 6.07) is 9.90. The molecule has 1 aromatic carbocycles. The van der Waals surface area contributed by atoms with Crippen molar-refractivity contribution in [3.05, 3.63) is 65.1 Å². The molecule has 150 valence electrons. The SMILES string of the molecule is CC(C(=O)Nc1cccc(NC(=O)CCNC(=O)c2ccsc2)c1)n1cccn1. The van der Waals surface area contributed by atoms with Crippen molar-refractivity contribution in [1.29, 1.82) is 0 Å². The van der Waals surface area contributed by atoms with E-state index in [1.54, 1.807) is 65.8 Å². The minimum Gasteiger partial charge on any atom is -0.351 e. The van der Waals surface area contributed by atoms with E-state index in [0.29, 0.717) is 16.9 Å². The highest BCUT2D eigenvalue weighted by molar-refractivity contribution is 7.08. The maximum atomic E-state index is 12.3. The molecule has 0 saturated carbocycles. The Bertz CT molecular complexity index is 970. The van der Waals surface area contributed by atoms with Crippen molar-refractivity contribution in [1.82, 2.24) is 15.1 Å². The quantitative estimate of drug-likeness (QED) is 0.530. The predicted molar refractivity (Wildman–Crippen MR) is 112 cm³/mol. The second kappa shape index (κ2) is 9.65. The molecular formula is C20H21N5O3S. The summed E-state index contributed by atoms with van der Waals surface area (Å²) in [6.45, 7) is 1.98.